The van der Waals surface area contributed by atoms with Gasteiger partial charge in [0, 0.05) is 17.3 Å². The Morgan fingerprint density at radius 1 is 1.13 bits per heavy atom. The first-order chi connectivity index (χ1) is 11.3. The van der Waals surface area contributed by atoms with Crippen LogP contribution in [0.3, 0.4) is 0 Å². The van der Waals surface area contributed by atoms with Crippen molar-refractivity contribution in [3.8, 4) is 17.0 Å². The van der Waals surface area contributed by atoms with Gasteiger partial charge >= 0.3 is 0 Å². The van der Waals surface area contributed by atoms with Crippen LogP contribution in [0.1, 0.15) is 12.5 Å². The molecule has 0 amide bonds. The van der Waals surface area contributed by atoms with Gasteiger partial charge in [-0.3, -0.25) is 0 Å². The normalized spacial score (nSPS) is 10.7. The van der Waals surface area contributed by atoms with Crippen molar-refractivity contribution in [2.75, 3.05) is 12.3 Å². The molecule has 5 heteroatoms. The molecule has 2 aromatic carbocycles. The zero-order valence-electron chi connectivity index (χ0n) is 13.1. The summed E-state index contributed by atoms with van der Waals surface area (Å²) in [6, 6.07) is 15.9. The molecule has 23 heavy (non-hydrogen) atoms. The molecule has 0 radical (unpaired) electrons. The molecule has 0 saturated heterocycles. The highest BCUT2D eigenvalue weighted by Gasteiger charge is 2.07. The van der Waals surface area contributed by atoms with Crippen LogP contribution in [0.25, 0.3) is 11.3 Å². The van der Waals surface area contributed by atoms with Crippen LogP contribution in [-0.4, -0.2) is 21.6 Å². The van der Waals surface area contributed by atoms with E-state index < -0.39 is 0 Å². The van der Waals surface area contributed by atoms with Gasteiger partial charge in [0.1, 0.15) is 12.4 Å². The summed E-state index contributed by atoms with van der Waals surface area (Å²) in [5.74, 6) is 0.763. The Balaban J connectivity index is 1.66. The quantitative estimate of drug-likeness (QED) is 0.710. The van der Waals surface area contributed by atoms with Crippen LogP contribution in [0.5, 0.6) is 5.75 Å². The number of nitrogen functional groups attached to an aromatic ring is 1. The van der Waals surface area contributed by atoms with Crippen molar-refractivity contribution in [3.05, 3.63) is 60.3 Å². The Kier molecular flexibility index (Phi) is 4.57. The number of aromatic nitrogens is 3. The van der Waals surface area contributed by atoms with Crippen LogP contribution in [0.15, 0.2) is 54.7 Å². The number of ether oxygens (including phenoxy) is 1. The Bertz CT molecular complexity index is 765. The molecule has 1 heterocycles. The molecule has 5 nitrogen and oxygen atoms in total. The molecule has 2 N–H and O–H groups in total. The fourth-order valence-corrected chi connectivity index (χ4v) is 2.41. The van der Waals surface area contributed by atoms with Gasteiger partial charge in [-0.1, -0.05) is 42.5 Å². The van der Waals surface area contributed by atoms with Crippen LogP contribution in [0.2, 0.25) is 0 Å². The van der Waals surface area contributed by atoms with Gasteiger partial charge in [0.15, 0.2) is 0 Å². The van der Waals surface area contributed by atoms with Crippen molar-refractivity contribution in [1.82, 2.24) is 15.0 Å². The van der Waals surface area contributed by atoms with Crippen LogP contribution < -0.4 is 10.5 Å². The lowest BCUT2D eigenvalue weighted by molar-refractivity contribution is 0.291. The standard InChI is InChI=1S/C18H20N4O/c1-2-14-6-8-15(9-7-14)18-13-20-21-22(18)10-11-23-17-5-3-4-16(19)12-17/h3-9,12-13H,2,10-11,19H2,1H3. The predicted octanol–water partition coefficient (Wildman–Crippen LogP) is 3.17. The van der Waals surface area contributed by atoms with Gasteiger partial charge in [-0.15, -0.1) is 5.10 Å². The molecule has 0 aliphatic rings. The third kappa shape index (κ3) is 3.69. The molecule has 3 rings (SSSR count). The number of hydrogen-bond acceptors (Lipinski definition) is 4. The summed E-state index contributed by atoms with van der Waals surface area (Å²) >= 11 is 0. The summed E-state index contributed by atoms with van der Waals surface area (Å²) in [4.78, 5) is 0. The molecule has 0 saturated carbocycles. The Labute approximate surface area is 135 Å². The monoisotopic (exact) mass is 308 g/mol. The van der Waals surface area contributed by atoms with Crippen molar-refractivity contribution in [2.24, 2.45) is 0 Å². The minimum Gasteiger partial charge on any atom is -0.492 e. The van der Waals surface area contributed by atoms with E-state index in [-0.39, 0.29) is 0 Å². The van der Waals surface area contributed by atoms with Crippen LogP contribution in [0.4, 0.5) is 5.69 Å². The van der Waals surface area contributed by atoms with E-state index >= 15 is 0 Å². The molecule has 0 atom stereocenters. The smallest absolute Gasteiger partial charge is 0.121 e. The van der Waals surface area contributed by atoms with Crippen LogP contribution in [0, 0.1) is 0 Å². The summed E-state index contributed by atoms with van der Waals surface area (Å²) in [5.41, 5.74) is 9.85. The van der Waals surface area contributed by atoms with Crippen molar-refractivity contribution in [2.45, 2.75) is 19.9 Å². The molecule has 3 aromatic rings. The molecule has 118 valence electrons. The van der Waals surface area contributed by atoms with Gasteiger partial charge in [-0.2, -0.15) is 0 Å². The third-order valence-electron chi connectivity index (χ3n) is 3.71. The molecule has 1 aromatic heterocycles. The summed E-state index contributed by atoms with van der Waals surface area (Å²) in [6.45, 7) is 3.28. The fraction of sp³-hybridized carbons (Fsp3) is 0.222. The second kappa shape index (κ2) is 6.96. The highest BCUT2D eigenvalue weighted by molar-refractivity contribution is 5.58. The van der Waals surface area contributed by atoms with E-state index in [4.69, 9.17) is 10.5 Å². The van der Waals surface area contributed by atoms with Gasteiger partial charge < -0.3 is 10.5 Å². The minimum atomic E-state index is 0.507. The lowest BCUT2D eigenvalue weighted by Gasteiger charge is -2.09. The Morgan fingerprint density at radius 2 is 1.96 bits per heavy atom. The second-order valence-corrected chi connectivity index (χ2v) is 5.31. The maximum Gasteiger partial charge on any atom is 0.121 e. The second-order valence-electron chi connectivity index (χ2n) is 5.31. The highest BCUT2D eigenvalue weighted by atomic mass is 16.5. The van der Waals surface area contributed by atoms with Crippen molar-refractivity contribution < 1.29 is 4.74 Å². The topological polar surface area (TPSA) is 66.0 Å². The van der Waals surface area contributed by atoms with Crippen molar-refractivity contribution >= 4 is 5.69 Å². The van der Waals surface area contributed by atoms with Gasteiger partial charge in [0.05, 0.1) is 18.4 Å². The largest absolute Gasteiger partial charge is 0.492 e. The number of nitrogens with zero attached hydrogens (tertiary/aromatic N) is 3. The molecule has 0 aliphatic heterocycles. The number of hydrogen-bond donors (Lipinski definition) is 1. The number of nitrogens with two attached hydrogens (primary N) is 1. The number of aryl methyl sites for hydroxylation is 1. The van der Waals surface area contributed by atoms with Crippen molar-refractivity contribution in [1.29, 1.82) is 0 Å². The predicted molar refractivity (Wildman–Crippen MR) is 91.2 cm³/mol. The maximum atomic E-state index is 5.74. The zero-order valence-corrected chi connectivity index (χ0v) is 13.1. The molecular weight excluding hydrogens is 288 g/mol. The number of anilines is 1. The average molecular weight is 308 g/mol. The number of rotatable bonds is 6. The van der Waals surface area contributed by atoms with E-state index in [1.54, 1.807) is 6.20 Å². The van der Waals surface area contributed by atoms with E-state index in [1.165, 1.54) is 5.56 Å². The zero-order chi connectivity index (χ0) is 16.1. The van der Waals surface area contributed by atoms with Crippen LogP contribution in [-0.2, 0) is 13.0 Å². The van der Waals surface area contributed by atoms with Crippen LogP contribution >= 0.6 is 0 Å². The Hall–Kier alpha value is -2.82. The third-order valence-corrected chi connectivity index (χ3v) is 3.71. The SMILES string of the molecule is CCc1ccc(-c2cnnn2CCOc2cccc(N)c2)cc1. The summed E-state index contributed by atoms with van der Waals surface area (Å²) in [5, 5.41) is 8.16. The average Bonchev–Trinajstić information content (AvgIpc) is 3.03. The number of benzene rings is 2. The molecule has 0 aliphatic carbocycles. The van der Waals surface area contributed by atoms with E-state index in [0.29, 0.717) is 18.8 Å². The lowest BCUT2D eigenvalue weighted by atomic mass is 10.1. The first-order valence-corrected chi connectivity index (χ1v) is 7.72. The summed E-state index contributed by atoms with van der Waals surface area (Å²) in [6.07, 6.45) is 2.81. The molecule has 0 fully saturated rings. The van der Waals surface area contributed by atoms with E-state index in [1.807, 2.05) is 28.9 Å². The van der Waals surface area contributed by atoms with Gasteiger partial charge in [-0.25, -0.2) is 4.68 Å². The minimum absolute atomic E-state index is 0.507. The Morgan fingerprint density at radius 3 is 2.70 bits per heavy atom. The molecule has 0 unspecified atom stereocenters. The highest BCUT2D eigenvalue weighted by Crippen LogP contribution is 2.19. The first-order valence-electron chi connectivity index (χ1n) is 7.72. The molecule has 0 bridgehead atoms. The van der Waals surface area contributed by atoms with Gasteiger partial charge in [0.25, 0.3) is 0 Å². The lowest BCUT2D eigenvalue weighted by Crippen LogP contribution is -2.11. The fourth-order valence-electron chi connectivity index (χ4n) is 2.41. The first kappa shape index (κ1) is 15.1. The van der Waals surface area contributed by atoms with Gasteiger partial charge in [-0.05, 0) is 24.1 Å². The maximum absolute atomic E-state index is 5.74. The van der Waals surface area contributed by atoms with E-state index in [0.717, 1.165) is 23.4 Å². The van der Waals surface area contributed by atoms with E-state index in [9.17, 15) is 0 Å². The van der Waals surface area contributed by atoms with E-state index in [2.05, 4.69) is 41.5 Å². The summed E-state index contributed by atoms with van der Waals surface area (Å²) in [7, 11) is 0. The molecular formula is C18H20N4O. The van der Waals surface area contributed by atoms with Crippen molar-refractivity contribution in [3.63, 3.8) is 0 Å². The molecule has 0 spiro atoms. The van der Waals surface area contributed by atoms with Gasteiger partial charge in [0.2, 0.25) is 0 Å². The summed E-state index contributed by atoms with van der Waals surface area (Å²) < 4.78 is 7.57.